The Morgan fingerprint density at radius 3 is 2.86 bits per heavy atom. The lowest BCUT2D eigenvalue weighted by atomic mass is 10.1. The Morgan fingerprint density at radius 2 is 2.14 bits per heavy atom. The van der Waals surface area contributed by atoms with E-state index in [-0.39, 0.29) is 0 Å². The third-order valence-electron chi connectivity index (χ3n) is 3.09. The van der Waals surface area contributed by atoms with Crippen LogP contribution in [0.15, 0.2) is 12.2 Å². The molecule has 0 aromatic rings. The number of unbranched alkanes of at least 4 members (excludes halogenated alkanes) is 3. The lowest BCUT2D eigenvalue weighted by molar-refractivity contribution is 0.674. The average molecular weight is 195 g/mol. The Morgan fingerprint density at radius 1 is 1.29 bits per heavy atom. The molecule has 1 saturated carbocycles. The molecule has 1 fully saturated rings. The fourth-order valence-corrected chi connectivity index (χ4v) is 2.06. The molecule has 2 unspecified atom stereocenters. The Balaban J connectivity index is 1.89. The molecule has 1 rings (SSSR count). The third kappa shape index (κ3) is 4.80. The van der Waals surface area contributed by atoms with E-state index >= 15 is 0 Å². The highest BCUT2D eigenvalue weighted by Gasteiger charge is 2.32. The van der Waals surface area contributed by atoms with E-state index in [1.807, 2.05) is 0 Å². The smallest absolute Gasteiger partial charge is 0.00773 e. The second-order valence-corrected chi connectivity index (χ2v) is 4.51. The molecule has 1 aliphatic rings. The van der Waals surface area contributed by atoms with Crippen molar-refractivity contribution in [1.29, 1.82) is 0 Å². The first-order valence-electron chi connectivity index (χ1n) is 6.25. The fourth-order valence-electron chi connectivity index (χ4n) is 2.06. The molecule has 0 aromatic heterocycles. The fraction of sp³-hybridized carbons (Fsp3) is 0.846. The molecule has 1 nitrogen and oxygen atoms in total. The summed E-state index contributed by atoms with van der Waals surface area (Å²) in [6.07, 6.45) is 14.1. The van der Waals surface area contributed by atoms with Crippen LogP contribution in [0.2, 0.25) is 0 Å². The van der Waals surface area contributed by atoms with Crippen LogP contribution in [-0.2, 0) is 0 Å². The van der Waals surface area contributed by atoms with Crippen LogP contribution < -0.4 is 5.73 Å². The molecule has 14 heavy (non-hydrogen) atoms. The van der Waals surface area contributed by atoms with Gasteiger partial charge in [-0.3, -0.25) is 0 Å². The lowest BCUT2D eigenvalue weighted by Crippen LogP contribution is -1.97. The van der Waals surface area contributed by atoms with Crippen molar-refractivity contribution in [3.63, 3.8) is 0 Å². The van der Waals surface area contributed by atoms with Crippen molar-refractivity contribution in [3.8, 4) is 0 Å². The predicted octanol–water partition coefficient (Wildman–Crippen LogP) is 3.50. The highest BCUT2D eigenvalue weighted by Crippen LogP contribution is 2.42. The average Bonchev–Trinajstić information content (AvgIpc) is 2.91. The highest BCUT2D eigenvalue weighted by atomic mass is 14.5. The minimum atomic E-state index is 0.852. The van der Waals surface area contributed by atoms with Gasteiger partial charge in [0.1, 0.15) is 0 Å². The van der Waals surface area contributed by atoms with Crippen LogP contribution in [0.3, 0.4) is 0 Å². The zero-order valence-corrected chi connectivity index (χ0v) is 9.54. The van der Waals surface area contributed by atoms with Crippen molar-refractivity contribution < 1.29 is 0 Å². The second kappa shape index (κ2) is 7.05. The third-order valence-corrected chi connectivity index (χ3v) is 3.09. The van der Waals surface area contributed by atoms with Gasteiger partial charge in [0.2, 0.25) is 0 Å². The number of rotatable bonds is 8. The summed E-state index contributed by atoms with van der Waals surface area (Å²) < 4.78 is 0. The van der Waals surface area contributed by atoms with Gasteiger partial charge in [-0.1, -0.05) is 38.3 Å². The van der Waals surface area contributed by atoms with Gasteiger partial charge in [-0.15, -0.1) is 0 Å². The zero-order chi connectivity index (χ0) is 10.2. The van der Waals surface area contributed by atoms with E-state index in [1.165, 1.54) is 44.9 Å². The minimum Gasteiger partial charge on any atom is -0.330 e. The lowest BCUT2D eigenvalue weighted by Gasteiger charge is -1.94. The molecule has 0 amide bonds. The van der Waals surface area contributed by atoms with E-state index in [0.29, 0.717) is 0 Å². The van der Waals surface area contributed by atoms with E-state index in [2.05, 4.69) is 19.1 Å². The SMILES string of the molecule is CCCC1CC1/C=C\CCCCCN. The van der Waals surface area contributed by atoms with Gasteiger partial charge in [-0.05, 0) is 44.1 Å². The Bertz CT molecular complexity index is 163. The van der Waals surface area contributed by atoms with Crippen LogP contribution in [0.5, 0.6) is 0 Å². The Hall–Kier alpha value is -0.300. The van der Waals surface area contributed by atoms with Crippen LogP contribution >= 0.6 is 0 Å². The zero-order valence-electron chi connectivity index (χ0n) is 9.54. The van der Waals surface area contributed by atoms with Crippen molar-refractivity contribution in [2.75, 3.05) is 6.54 Å². The van der Waals surface area contributed by atoms with E-state index in [4.69, 9.17) is 5.73 Å². The number of hydrogen-bond acceptors (Lipinski definition) is 1. The quantitative estimate of drug-likeness (QED) is 0.465. The van der Waals surface area contributed by atoms with Crippen LogP contribution in [0.25, 0.3) is 0 Å². The van der Waals surface area contributed by atoms with Crippen molar-refractivity contribution in [3.05, 3.63) is 12.2 Å². The van der Waals surface area contributed by atoms with Crippen LogP contribution in [0.1, 0.15) is 51.9 Å². The summed E-state index contributed by atoms with van der Waals surface area (Å²) in [4.78, 5) is 0. The monoisotopic (exact) mass is 195 g/mol. The first kappa shape index (κ1) is 11.8. The summed E-state index contributed by atoms with van der Waals surface area (Å²) >= 11 is 0. The van der Waals surface area contributed by atoms with E-state index in [1.54, 1.807) is 0 Å². The van der Waals surface area contributed by atoms with Crippen LogP contribution in [-0.4, -0.2) is 6.54 Å². The molecule has 1 heteroatoms. The van der Waals surface area contributed by atoms with Gasteiger partial charge >= 0.3 is 0 Å². The molecule has 0 spiro atoms. The van der Waals surface area contributed by atoms with Crippen molar-refractivity contribution >= 4 is 0 Å². The maximum atomic E-state index is 5.43. The van der Waals surface area contributed by atoms with Crippen molar-refractivity contribution in [2.24, 2.45) is 17.6 Å². The maximum Gasteiger partial charge on any atom is -0.00773 e. The summed E-state index contributed by atoms with van der Waals surface area (Å²) in [5.74, 6) is 1.96. The summed E-state index contributed by atoms with van der Waals surface area (Å²) in [6, 6.07) is 0. The molecular weight excluding hydrogens is 170 g/mol. The van der Waals surface area contributed by atoms with Gasteiger partial charge in [0, 0.05) is 0 Å². The number of hydrogen-bond donors (Lipinski definition) is 1. The molecule has 2 atom stereocenters. The number of allylic oxidation sites excluding steroid dienone is 2. The maximum absolute atomic E-state index is 5.43. The van der Waals surface area contributed by atoms with Crippen molar-refractivity contribution in [1.82, 2.24) is 0 Å². The van der Waals surface area contributed by atoms with Gasteiger partial charge in [0.05, 0.1) is 0 Å². The summed E-state index contributed by atoms with van der Waals surface area (Å²) in [5.41, 5.74) is 5.43. The first-order chi connectivity index (χ1) is 6.88. The second-order valence-electron chi connectivity index (χ2n) is 4.51. The van der Waals surface area contributed by atoms with Crippen molar-refractivity contribution in [2.45, 2.75) is 51.9 Å². The first-order valence-corrected chi connectivity index (χ1v) is 6.25. The van der Waals surface area contributed by atoms with Gasteiger partial charge in [-0.2, -0.15) is 0 Å². The molecule has 0 bridgehead atoms. The van der Waals surface area contributed by atoms with E-state index in [9.17, 15) is 0 Å². The highest BCUT2D eigenvalue weighted by molar-refractivity contribution is 5.01. The molecule has 0 saturated heterocycles. The van der Waals surface area contributed by atoms with Crippen LogP contribution in [0, 0.1) is 11.8 Å². The normalized spacial score (nSPS) is 25.9. The van der Waals surface area contributed by atoms with Gasteiger partial charge in [0.15, 0.2) is 0 Å². The molecule has 0 aliphatic heterocycles. The molecule has 0 aromatic carbocycles. The summed E-state index contributed by atoms with van der Waals surface area (Å²) in [6.45, 7) is 3.14. The molecule has 0 radical (unpaired) electrons. The van der Waals surface area contributed by atoms with Crippen LogP contribution in [0.4, 0.5) is 0 Å². The van der Waals surface area contributed by atoms with Gasteiger partial charge < -0.3 is 5.73 Å². The van der Waals surface area contributed by atoms with Gasteiger partial charge in [-0.25, -0.2) is 0 Å². The van der Waals surface area contributed by atoms with E-state index in [0.717, 1.165) is 18.4 Å². The topological polar surface area (TPSA) is 26.0 Å². The number of nitrogens with two attached hydrogens (primary N) is 1. The predicted molar refractivity (Wildman–Crippen MR) is 63.2 cm³/mol. The van der Waals surface area contributed by atoms with Gasteiger partial charge in [0.25, 0.3) is 0 Å². The minimum absolute atomic E-state index is 0.852. The summed E-state index contributed by atoms with van der Waals surface area (Å²) in [7, 11) is 0. The molecule has 1 aliphatic carbocycles. The van der Waals surface area contributed by atoms with E-state index < -0.39 is 0 Å². The Labute approximate surface area is 88.8 Å². The molecule has 82 valence electrons. The largest absolute Gasteiger partial charge is 0.330 e. The summed E-state index contributed by atoms with van der Waals surface area (Å²) in [5, 5.41) is 0. The standard InChI is InChI=1S/C13H25N/c1-2-8-12-11-13(12)9-6-4-3-5-7-10-14/h6,9,12-13H,2-5,7-8,10-11,14H2,1H3/b9-6-. The molecule has 0 heterocycles. The molecular formula is C13H25N. The molecule has 2 N–H and O–H groups in total. The Kier molecular flexibility index (Phi) is 5.93.